The van der Waals surface area contributed by atoms with Crippen LogP contribution < -0.4 is 19.7 Å². The van der Waals surface area contributed by atoms with Gasteiger partial charge in [0, 0.05) is 19.2 Å². The number of carbonyl (C=O) groups excluding carboxylic acids is 1. The lowest BCUT2D eigenvalue weighted by Crippen LogP contribution is -2.36. The molecule has 1 amide bonds. The van der Waals surface area contributed by atoms with Gasteiger partial charge in [0.05, 0.1) is 44.4 Å². The molecule has 0 aromatic heterocycles. The van der Waals surface area contributed by atoms with Gasteiger partial charge in [0.25, 0.3) is 5.91 Å². The van der Waals surface area contributed by atoms with Gasteiger partial charge in [-0.15, -0.1) is 0 Å². The fraction of sp³-hybridized carbons (Fsp3) is 0.261. The predicted octanol–water partition coefficient (Wildman–Crippen LogP) is 3.95. The minimum Gasteiger partial charge on any atom is -0.497 e. The summed E-state index contributed by atoms with van der Waals surface area (Å²) in [5, 5.41) is 5.06. The molecule has 0 radical (unpaired) electrons. The number of rotatable bonds is 5. The number of fused-ring (bicyclic) bond motifs is 1. The van der Waals surface area contributed by atoms with Crippen LogP contribution in [0.1, 0.15) is 10.4 Å². The van der Waals surface area contributed by atoms with Gasteiger partial charge in [-0.1, -0.05) is 24.3 Å². The number of morpholine rings is 1. The zero-order chi connectivity index (χ0) is 20.2. The molecule has 3 aromatic rings. The molecule has 0 spiro atoms. The third kappa shape index (κ3) is 3.98. The molecular weight excluding hydrogens is 368 g/mol. The minimum atomic E-state index is -0.227. The van der Waals surface area contributed by atoms with E-state index in [4.69, 9.17) is 14.2 Å². The fourth-order valence-electron chi connectivity index (χ4n) is 3.58. The molecule has 1 heterocycles. The maximum absolute atomic E-state index is 13.2. The van der Waals surface area contributed by atoms with Crippen molar-refractivity contribution in [3.8, 4) is 11.5 Å². The number of hydrogen-bond donors (Lipinski definition) is 1. The normalized spacial score (nSPS) is 13.9. The van der Waals surface area contributed by atoms with Crippen LogP contribution in [0.4, 0.5) is 11.4 Å². The Morgan fingerprint density at radius 2 is 1.69 bits per heavy atom. The standard InChI is InChI=1S/C23H24N2O4/c1-27-18-7-8-21(25-9-11-29-12-10-25)20(15-18)24-23(26)19-13-16-5-3-4-6-17(16)14-22(19)28-2/h3-8,13-15H,9-12H2,1-2H3,(H,24,26). The number of benzene rings is 3. The largest absolute Gasteiger partial charge is 0.497 e. The molecule has 150 valence electrons. The second-order valence-electron chi connectivity index (χ2n) is 6.84. The second-order valence-corrected chi connectivity index (χ2v) is 6.84. The Bertz CT molecular complexity index is 1030. The van der Waals surface area contributed by atoms with Crippen molar-refractivity contribution in [2.24, 2.45) is 0 Å². The molecule has 1 N–H and O–H groups in total. The number of anilines is 2. The van der Waals surface area contributed by atoms with Crippen molar-refractivity contribution in [3.63, 3.8) is 0 Å². The quantitative estimate of drug-likeness (QED) is 0.713. The summed E-state index contributed by atoms with van der Waals surface area (Å²) in [6.07, 6.45) is 0. The highest BCUT2D eigenvalue weighted by Crippen LogP contribution is 2.33. The molecule has 1 aliphatic rings. The Labute approximate surface area is 170 Å². The van der Waals surface area contributed by atoms with E-state index < -0.39 is 0 Å². The van der Waals surface area contributed by atoms with E-state index in [1.165, 1.54) is 0 Å². The van der Waals surface area contributed by atoms with Crippen LogP contribution in [0.3, 0.4) is 0 Å². The SMILES string of the molecule is COc1ccc(N2CCOCC2)c(NC(=O)c2cc3ccccc3cc2OC)c1. The molecule has 29 heavy (non-hydrogen) atoms. The van der Waals surface area contributed by atoms with Crippen LogP contribution >= 0.6 is 0 Å². The van der Waals surface area contributed by atoms with Crippen LogP contribution in [0.15, 0.2) is 54.6 Å². The summed E-state index contributed by atoms with van der Waals surface area (Å²) >= 11 is 0. The molecule has 0 atom stereocenters. The van der Waals surface area contributed by atoms with Gasteiger partial charge >= 0.3 is 0 Å². The molecule has 0 saturated carbocycles. The van der Waals surface area contributed by atoms with Crippen molar-refractivity contribution < 1.29 is 19.0 Å². The third-order valence-corrected chi connectivity index (χ3v) is 5.12. The van der Waals surface area contributed by atoms with E-state index in [1.54, 1.807) is 14.2 Å². The first-order valence-corrected chi connectivity index (χ1v) is 9.58. The molecule has 1 aliphatic heterocycles. The van der Waals surface area contributed by atoms with Crippen LogP contribution in [0.2, 0.25) is 0 Å². The van der Waals surface area contributed by atoms with Gasteiger partial charge in [0.2, 0.25) is 0 Å². The number of amides is 1. The van der Waals surface area contributed by atoms with Gasteiger partial charge in [-0.2, -0.15) is 0 Å². The Kier molecular flexibility index (Phi) is 5.53. The van der Waals surface area contributed by atoms with Gasteiger partial charge in [-0.3, -0.25) is 4.79 Å². The highest BCUT2D eigenvalue weighted by atomic mass is 16.5. The predicted molar refractivity (Wildman–Crippen MR) is 114 cm³/mol. The maximum atomic E-state index is 13.2. The monoisotopic (exact) mass is 392 g/mol. The Morgan fingerprint density at radius 1 is 0.966 bits per heavy atom. The first-order chi connectivity index (χ1) is 14.2. The molecule has 3 aromatic carbocycles. The first-order valence-electron chi connectivity index (χ1n) is 9.58. The summed E-state index contributed by atoms with van der Waals surface area (Å²) < 4.78 is 16.3. The zero-order valence-electron chi connectivity index (χ0n) is 16.6. The number of ether oxygens (including phenoxy) is 3. The molecule has 0 bridgehead atoms. The lowest BCUT2D eigenvalue weighted by molar-refractivity contribution is 0.102. The van der Waals surface area contributed by atoms with E-state index in [2.05, 4.69) is 10.2 Å². The minimum absolute atomic E-state index is 0.227. The fourth-order valence-corrected chi connectivity index (χ4v) is 3.58. The smallest absolute Gasteiger partial charge is 0.259 e. The number of hydrogen-bond acceptors (Lipinski definition) is 5. The molecule has 1 fully saturated rings. The molecule has 6 heteroatoms. The molecular formula is C23H24N2O4. The average Bonchev–Trinajstić information content (AvgIpc) is 2.78. The summed E-state index contributed by atoms with van der Waals surface area (Å²) in [6, 6.07) is 17.4. The van der Waals surface area contributed by atoms with Crippen LogP contribution in [0, 0.1) is 0 Å². The van der Waals surface area contributed by atoms with Crippen molar-refractivity contribution in [3.05, 3.63) is 60.2 Å². The van der Waals surface area contributed by atoms with E-state index in [9.17, 15) is 4.79 Å². The Morgan fingerprint density at radius 3 is 2.38 bits per heavy atom. The zero-order valence-corrected chi connectivity index (χ0v) is 16.6. The van der Waals surface area contributed by atoms with Crippen molar-refractivity contribution in [2.75, 3.05) is 50.7 Å². The Hall–Kier alpha value is -3.25. The lowest BCUT2D eigenvalue weighted by atomic mass is 10.0. The maximum Gasteiger partial charge on any atom is 0.259 e. The molecule has 1 saturated heterocycles. The summed E-state index contributed by atoms with van der Waals surface area (Å²) in [4.78, 5) is 15.4. The summed E-state index contributed by atoms with van der Waals surface area (Å²) in [6.45, 7) is 2.87. The molecule has 0 unspecified atom stereocenters. The summed E-state index contributed by atoms with van der Waals surface area (Å²) in [7, 11) is 3.19. The van der Waals surface area contributed by atoms with Crippen LogP contribution in [0.25, 0.3) is 10.8 Å². The van der Waals surface area contributed by atoms with Crippen molar-refractivity contribution in [2.45, 2.75) is 0 Å². The molecule has 6 nitrogen and oxygen atoms in total. The van der Waals surface area contributed by atoms with Crippen molar-refractivity contribution in [1.29, 1.82) is 0 Å². The average molecular weight is 392 g/mol. The van der Waals surface area contributed by atoms with Gasteiger partial charge in [-0.25, -0.2) is 0 Å². The van der Waals surface area contributed by atoms with Crippen LogP contribution in [-0.4, -0.2) is 46.4 Å². The van der Waals surface area contributed by atoms with E-state index >= 15 is 0 Å². The van der Waals surface area contributed by atoms with E-state index in [0.29, 0.717) is 36.0 Å². The number of methoxy groups -OCH3 is 2. The van der Waals surface area contributed by atoms with Crippen molar-refractivity contribution >= 4 is 28.1 Å². The Balaban J connectivity index is 1.70. The van der Waals surface area contributed by atoms with Crippen molar-refractivity contribution in [1.82, 2.24) is 0 Å². The summed E-state index contributed by atoms with van der Waals surface area (Å²) in [5.41, 5.74) is 2.13. The van der Waals surface area contributed by atoms with Gasteiger partial charge in [0.15, 0.2) is 0 Å². The third-order valence-electron chi connectivity index (χ3n) is 5.12. The molecule has 4 rings (SSSR count). The van der Waals surface area contributed by atoms with E-state index in [1.807, 2.05) is 54.6 Å². The van der Waals surface area contributed by atoms with Gasteiger partial charge in [-0.05, 0) is 35.0 Å². The number of carbonyl (C=O) groups is 1. The topological polar surface area (TPSA) is 60.0 Å². The molecule has 0 aliphatic carbocycles. The second kappa shape index (κ2) is 8.41. The van der Waals surface area contributed by atoms with Crippen LogP contribution in [0.5, 0.6) is 11.5 Å². The number of nitrogens with zero attached hydrogens (tertiary/aromatic N) is 1. The highest BCUT2D eigenvalue weighted by molar-refractivity contribution is 6.10. The summed E-state index contributed by atoms with van der Waals surface area (Å²) in [5.74, 6) is 0.996. The van der Waals surface area contributed by atoms with Gasteiger partial charge < -0.3 is 24.4 Å². The van der Waals surface area contributed by atoms with E-state index in [-0.39, 0.29) is 5.91 Å². The highest BCUT2D eigenvalue weighted by Gasteiger charge is 2.19. The first kappa shape index (κ1) is 19.1. The van der Waals surface area contributed by atoms with E-state index in [0.717, 1.165) is 29.5 Å². The van der Waals surface area contributed by atoms with Gasteiger partial charge in [0.1, 0.15) is 11.5 Å². The lowest BCUT2D eigenvalue weighted by Gasteiger charge is -2.30. The number of nitrogens with one attached hydrogen (secondary N) is 1. The van der Waals surface area contributed by atoms with Crippen LogP contribution in [-0.2, 0) is 4.74 Å².